The summed E-state index contributed by atoms with van der Waals surface area (Å²) in [6, 6.07) is 6.09. The maximum Gasteiger partial charge on any atom is 0.137 e. The predicted molar refractivity (Wildman–Crippen MR) is 54.7 cm³/mol. The molecule has 0 saturated carbocycles. The Bertz CT molecular complexity index is 408. The fraction of sp³-hybridized carbons (Fsp3) is 0.364. The Morgan fingerprint density at radius 1 is 1.57 bits per heavy atom. The SMILES string of the molecule is COc1cc2c(cc1Cl)CCC2C#N. The maximum absolute atomic E-state index is 8.92. The van der Waals surface area contributed by atoms with Crippen LogP contribution >= 0.6 is 11.6 Å². The Kier molecular flexibility index (Phi) is 2.35. The Hall–Kier alpha value is -1.20. The number of methoxy groups -OCH3 is 1. The average Bonchev–Trinajstić information content (AvgIpc) is 2.58. The highest BCUT2D eigenvalue weighted by Crippen LogP contribution is 2.38. The topological polar surface area (TPSA) is 33.0 Å². The number of hydrogen-bond acceptors (Lipinski definition) is 2. The van der Waals surface area contributed by atoms with Crippen LogP contribution < -0.4 is 4.74 Å². The molecule has 1 atom stereocenters. The van der Waals surface area contributed by atoms with Gasteiger partial charge in [-0.2, -0.15) is 5.26 Å². The van der Waals surface area contributed by atoms with Crippen molar-refractivity contribution in [2.75, 3.05) is 7.11 Å². The second-order valence-corrected chi connectivity index (χ2v) is 3.81. The number of aryl methyl sites for hydroxylation is 1. The molecular formula is C11H10ClNO. The first-order valence-electron chi connectivity index (χ1n) is 4.52. The first-order valence-corrected chi connectivity index (χ1v) is 4.90. The third-order valence-electron chi connectivity index (χ3n) is 2.65. The molecular weight excluding hydrogens is 198 g/mol. The van der Waals surface area contributed by atoms with Gasteiger partial charge in [0.1, 0.15) is 5.75 Å². The molecule has 72 valence electrons. The van der Waals surface area contributed by atoms with Gasteiger partial charge in [-0.1, -0.05) is 11.6 Å². The molecule has 2 nitrogen and oxygen atoms in total. The van der Waals surface area contributed by atoms with Crippen molar-refractivity contribution in [1.82, 2.24) is 0 Å². The molecule has 0 radical (unpaired) electrons. The number of nitriles is 1. The van der Waals surface area contributed by atoms with Gasteiger partial charge in [0.05, 0.1) is 24.1 Å². The fourth-order valence-electron chi connectivity index (χ4n) is 1.90. The minimum absolute atomic E-state index is 0.0103. The van der Waals surface area contributed by atoms with Crippen molar-refractivity contribution < 1.29 is 4.74 Å². The molecule has 0 aliphatic heterocycles. The van der Waals surface area contributed by atoms with E-state index in [1.807, 2.05) is 12.1 Å². The molecule has 1 unspecified atom stereocenters. The second kappa shape index (κ2) is 3.51. The molecule has 1 aliphatic rings. The van der Waals surface area contributed by atoms with E-state index in [-0.39, 0.29) is 5.92 Å². The van der Waals surface area contributed by atoms with Gasteiger partial charge in [0.15, 0.2) is 0 Å². The number of rotatable bonds is 1. The Morgan fingerprint density at radius 3 is 3.00 bits per heavy atom. The molecule has 0 heterocycles. The zero-order valence-corrected chi connectivity index (χ0v) is 8.64. The Morgan fingerprint density at radius 2 is 2.36 bits per heavy atom. The van der Waals surface area contributed by atoms with Crippen molar-refractivity contribution in [2.24, 2.45) is 0 Å². The summed E-state index contributed by atoms with van der Waals surface area (Å²) >= 11 is 5.99. The lowest BCUT2D eigenvalue weighted by atomic mass is 10.0. The van der Waals surface area contributed by atoms with E-state index in [2.05, 4.69) is 6.07 Å². The maximum atomic E-state index is 8.92. The highest BCUT2D eigenvalue weighted by atomic mass is 35.5. The molecule has 1 aliphatic carbocycles. The van der Waals surface area contributed by atoms with Gasteiger partial charge in [0, 0.05) is 0 Å². The lowest BCUT2D eigenvalue weighted by Crippen LogP contribution is -1.92. The number of nitrogens with zero attached hydrogens (tertiary/aromatic N) is 1. The van der Waals surface area contributed by atoms with Crippen molar-refractivity contribution in [1.29, 1.82) is 5.26 Å². The molecule has 1 aromatic carbocycles. The smallest absolute Gasteiger partial charge is 0.137 e. The number of ether oxygens (including phenoxy) is 1. The summed E-state index contributed by atoms with van der Waals surface area (Å²) in [6.45, 7) is 0. The van der Waals surface area contributed by atoms with Crippen LogP contribution in [0.25, 0.3) is 0 Å². The molecule has 0 saturated heterocycles. The van der Waals surface area contributed by atoms with Gasteiger partial charge in [0.2, 0.25) is 0 Å². The molecule has 0 N–H and O–H groups in total. The van der Waals surface area contributed by atoms with E-state index in [9.17, 15) is 0 Å². The summed E-state index contributed by atoms with van der Waals surface area (Å²) < 4.78 is 5.12. The van der Waals surface area contributed by atoms with E-state index in [4.69, 9.17) is 21.6 Å². The van der Waals surface area contributed by atoms with Crippen molar-refractivity contribution in [3.63, 3.8) is 0 Å². The summed E-state index contributed by atoms with van der Waals surface area (Å²) in [5, 5.41) is 9.55. The van der Waals surface area contributed by atoms with E-state index in [0.717, 1.165) is 18.4 Å². The van der Waals surface area contributed by atoms with Crippen LogP contribution in [-0.4, -0.2) is 7.11 Å². The lowest BCUT2D eigenvalue weighted by Gasteiger charge is -2.07. The quantitative estimate of drug-likeness (QED) is 0.710. The first kappa shape index (κ1) is 9.36. The molecule has 2 rings (SSSR count). The molecule has 0 aromatic heterocycles. The van der Waals surface area contributed by atoms with Gasteiger partial charge in [-0.05, 0) is 36.1 Å². The predicted octanol–water partition coefficient (Wildman–Crippen LogP) is 2.90. The third-order valence-corrected chi connectivity index (χ3v) is 2.94. The summed E-state index contributed by atoms with van der Waals surface area (Å²) in [5.41, 5.74) is 2.26. The van der Waals surface area contributed by atoms with Crippen LogP contribution in [0.2, 0.25) is 5.02 Å². The largest absolute Gasteiger partial charge is 0.495 e. The van der Waals surface area contributed by atoms with Gasteiger partial charge in [-0.15, -0.1) is 0 Å². The van der Waals surface area contributed by atoms with Crippen molar-refractivity contribution in [2.45, 2.75) is 18.8 Å². The normalized spacial score (nSPS) is 18.8. The van der Waals surface area contributed by atoms with Gasteiger partial charge in [-0.3, -0.25) is 0 Å². The second-order valence-electron chi connectivity index (χ2n) is 3.41. The van der Waals surface area contributed by atoms with Gasteiger partial charge < -0.3 is 4.74 Å². The van der Waals surface area contributed by atoms with E-state index >= 15 is 0 Å². The molecule has 0 bridgehead atoms. The number of halogens is 1. The average molecular weight is 208 g/mol. The monoisotopic (exact) mass is 207 g/mol. The van der Waals surface area contributed by atoms with Gasteiger partial charge >= 0.3 is 0 Å². The van der Waals surface area contributed by atoms with Crippen molar-refractivity contribution in [3.8, 4) is 11.8 Å². The van der Waals surface area contributed by atoms with Crippen molar-refractivity contribution in [3.05, 3.63) is 28.3 Å². The Labute approximate surface area is 88.1 Å². The fourth-order valence-corrected chi connectivity index (χ4v) is 2.16. The Balaban J connectivity index is 2.51. The molecule has 1 aromatic rings. The van der Waals surface area contributed by atoms with Crippen molar-refractivity contribution >= 4 is 11.6 Å². The zero-order valence-electron chi connectivity index (χ0n) is 7.88. The minimum Gasteiger partial charge on any atom is -0.495 e. The lowest BCUT2D eigenvalue weighted by molar-refractivity contribution is 0.414. The van der Waals surface area contributed by atoms with Crippen LogP contribution in [0.3, 0.4) is 0 Å². The number of benzene rings is 1. The third kappa shape index (κ3) is 1.34. The van der Waals surface area contributed by atoms with Crippen LogP contribution in [0.15, 0.2) is 12.1 Å². The first-order chi connectivity index (χ1) is 6.76. The van der Waals surface area contributed by atoms with E-state index < -0.39 is 0 Å². The number of hydrogen-bond donors (Lipinski definition) is 0. The van der Waals surface area contributed by atoms with E-state index in [1.165, 1.54) is 5.56 Å². The van der Waals surface area contributed by atoms with Crippen LogP contribution in [0.1, 0.15) is 23.5 Å². The highest BCUT2D eigenvalue weighted by Gasteiger charge is 2.23. The summed E-state index contributed by atoms with van der Waals surface area (Å²) in [5.74, 6) is 0.670. The summed E-state index contributed by atoms with van der Waals surface area (Å²) in [7, 11) is 1.59. The summed E-state index contributed by atoms with van der Waals surface area (Å²) in [4.78, 5) is 0. The molecule has 14 heavy (non-hydrogen) atoms. The molecule has 3 heteroatoms. The molecule has 0 fully saturated rings. The van der Waals surface area contributed by atoms with Crippen LogP contribution in [0.4, 0.5) is 0 Å². The standard InChI is InChI=1S/C11H10ClNO/c1-14-11-5-9-7(4-10(11)12)2-3-8(9)6-13/h4-5,8H,2-3H2,1H3. The zero-order chi connectivity index (χ0) is 10.1. The molecule has 0 amide bonds. The number of fused-ring (bicyclic) bond motifs is 1. The minimum atomic E-state index is 0.0103. The van der Waals surface area contributed by atoms with Crippen LogP contribution in [0.5, 0.6) is 5.75 Å². The highest BCUT2D eigenvalue weighted by molar-refractivity contribution is 6.32. The van der Waals surface area contributed by atoms with Crippen LogP contribution in [-0.2, 0) is 6.42 Å². The van der Waals surface area contributed by atoms with Crippen LogP contribution in [0, 0.1) is 11.3 Å². The van der Waals surface area contributed by atoms with Gasteiger partial charge in [-0.25, -0.2) is 0 Å². The molecule has 0 spiro atoms. The van der Waals surface area contributed by atoms with E-state index in [0.29, 0.717) is 10.8 Å². The summed E-state index contributed by atoms with van der Waals surface area (Å²) in [6.07, 6.45) is 1.84. The van der Waals surface area contributed by atoms with Gasteiger partial charge in [0.25, 0.3) is 0 Å². The van der Waals surface area contributed by atoms with E-state index in [1.54, 1.807) is 7.11 Å².